The van der Waals surface area contributed by atoms with E-state index in [4.69, 9.17) is 4.74 Å². The molecule has 2 rings (SSSR count). The number of rotatable bonds is 6. The van der Waals surface area contributed by atoms with Crippen LogP contribution in [-0.2, 0) is 19.6 Å². The molecule has 8 heteroatoms. The Kier molecular flexibility index (Phi) is 5.82. The van der Waals surface area contributed by atoms with Crippen molar-refractivity contribution in [1.29, 1.82) is 0 Å². The zero-order valence-corrected chi connectivity index (χ0v) is 14.6. The molecule has 1 aliphatic rings. The van der Waals surface area contributed by atoms with Gasteiger partial charge in [-0.15, -0.1) is 0 Å². The summed E-state index contributed by atoms with van der Waals surface area (Å²) in [6, 6.07) is 6.23. The normalized spacial score (nSPS) is 16.4. The van der Waals surface area contributed by atoms with Crippen molar-refractivity contribution < 1.29 is 22.7 Å². The van der Waals surface area contributed by atoms with E-state index < -0.39 is 22.1 Å². The molecule has 0 bridgehead atoms. The Morgan fingerprint density at radius 2 is 1.83 bits per heavy atom. The Morgan fingerprint density at radius 3 is 2.46 bits per heavy atom. The van der Waals surface area contributed by atoms with Crippen LogP contribution in [0, 0.1) is 0 Å². The lowest BCUT2D eigenvalue weighted by molar-refractivity contribution is -0.129. The summed E-state index contributed by atoms with van der Waals surface area (Å²) in [7, 11) is -3.53. The monoisotopic (exact) mass is 354 g/mol. The standard InChI is InChI=1S/C16H22N2O5S/c1-11(15(19)17-12-7-3-4-8-12)23-16(20)13-9-5-6-10-14(13)18-24(2,21)22/h5-6,9-12,18H,3-4,7-8H2,1-2H3,(H,17,19)/t11-/m0/s1. The van der Waals surface area contributed by atoms with Crippen LogP contribution >= 0.6 is 0 Å². The Labute approximate surface area is 141 Å². The minimum Gasteiger partial charge on any atom is -0.449 e. The van der Waals surface area contributed by atoms with E-state index in [0.717, 1.165) is 31.9 Å². The highest BCUT2D eigenvalue weighted by Gasteiger charge is 2.24. The lowest BCUT2D eigenvalue weighted by atomic mass is 10.2. The molecular weight excluding hydrogens is 332 g/mol. The molecule has 0 heterocycles. The molecule has 1 aliphatic carbocycles. The van der Waals surface area contributed by atoms with Crippen LogP contribution in [0.4, 0.5) is 5.69 Å². The molecule has 2 N–H and O–H groups in total. The maximum atomic E-state index is 12.3. The van der Waals surface area contributed by atoms with Crippen molar-refractivity contribution in [2.45, 2.75) is 44.8 Å². The fraction of sp³-hybridized carbons (Fsp3) is 0.500. The highest BCUT2D eigenvalue weighted by atomic mass is 32.2. The molecule has 24 heavy (non-hydrogen) atoms. The number of amides is 1. The summed E-state index contributed by atoms with van der Waals surface area (Å²) in [5.41, 5.74) is 0.178. The van der Waals surface area contributed by atoms with Crippen LogP contribution < -0.4 is 10.0 Å². The molecule has 1 saturated carbocycles. The van der Waals surface area contributed by atoms with Crippen LogP contribution in [0.1, 0.15) is 43.0 Å². The first-order chi connectivity index (χ1) is 11.3. The SMILES string of the molecule is C[C@H](OC(=O)c1ccccc1NS(C)(=O)=O)C(=O)NC1CCCC1. The molecule has 7 nitrogen and oxygen atoms in total. The van der Waals surface area contributed by atoms with Crippen LogP contribution in [0.15, 0.2) is 24.3 Å². The van der Waals surface area contributed by atoms with E-state index in [9.17, 15) is 18.0 Å². The Balaban J connectivity index is 2.02. The molecule has 1 amide bonds. The minimum atomic E-state index is -3.53. The molecule has 0 aliphatic heterocycles. The summed E-state index contributed by atoms with van der Waals surface area (Å²) >= 11 is 0. The second-order valence-electron chi connectivity index (χ2n) is 5.96. The molecule has 0 unspecified atom stereocenters. The number of nitrogens with one attached hydrogen (secondary N) is 2. The van der Waals surface area contributed by atoms with E-state index in [1.165, 1.54) is 19.1 Å². The lowest BCUT2D eigenvalue weighted by Gasteiger charge is -2.18. The van der Waals surface area contributed by atoms with E-state index >= 15 is 0 Å². The lowest BCUT2D eigenvalue weighted by Crippen LogP contribution is -2.40. The van der Waals surface area contributed by atoms with Gasteiger partial charge in [0.05, 0.1) is 17.5 Å². The number of benzene rings is 1. The van der Waals surface area contributed by atoms with Crippen LogP contribution in [0.25, 0.3) is 0 Å². The number of sulfonamides is 1. The van der Waals surface area contributed by atoms with Gasteiger partial charge in [0, 0.05) is 6.04 Å². The maximum absolute atomic E-state index is 12.3. The van der Waals surface area contributed by atoms with E-state index in [2.05, 4.69) is 10.0 Å². The Hall–Kier alpha value is -2.09. The molecule has 0 radical (unpaired) electrons. The topological polar surface area (TPSA) is 102 Å². The Bertz CT molecular complexity index is 711. The summed E-state index contributed by atoms with van der Waals surface area (Å²) < 4.78 is 30.2. The van der Waals surface area contributed by atoms with Crippen molar-refractivity contribution in [3.8, 4) is 0 Å². The largest absolute Gasteiger partial charge is 0.449 e. The molecule has 0 spiro atoms. The molecular formula is C16H22N2O5S. The van der Waals surface area contributed by atoms with Gasteiger partial charge >= 0.3 is 5.97 Å². The number of carbonyl (C=O) groups is 2. The molecule has 1 atom stereocenters. The van der Waals surface area contributed by atoms with Crippen LogP contribution in [-0.4, -0.2) is 38.7 Å². The van der Waals surface area contributed by atoms with Crippen molar-refractivity contribution >= 4 is 27.6 Å². The first-order valence-electron chi connectivity index (χ1n) is 7.84. The van der Waals surface area contributed by atoms with Gasteiger partial charge in [-0.25, -0.2) is 13.2 Å². The number of para-hydroxylation sites is 1. The van der Waals surface area contributed by atoms with Crippen LogP contribution in [0.2, 0.25) is 0 Å². The van der Waals surface area contributed by atoms with E-state index in [0.29, 0.717) is 0 Å². The molecule has 1 fully saturated rings. The third kappa shape index (κ3) is 5.23. The van der Waals surface area contributed by atoms with Crippen molar-refractivity contribution in [2.24, 2.45) is 0 Å². The summed E-state index contributed by atoms with van der Waals surface area (Å²) in [5, 5.41) is 2.86. The van der Waals surface area contributed by atoms with Gasteiger partial charge in [-0.3, -0.25) is 9.52 Å². The Morgan fingerprint density at radius 1 is 1.21 bits per heavy atom. The highest BCUT2D eigenvalue weighted by Crippen LogP contribution is 2.19. The number of hydrogen-bond donors (Lipinski definition) is 2. The predicted octanol–water partition coefficient (Wildman–Crippen LogP) is 1.66. The average Bonchev–Trinajstić information content (AvgIpc) is 2.98. The minimum absolute atomic E-state index is 0.0587. The molecule has 0 saturated heterocycles. The van der Waals surface area contributed by atoms with Gasteiger partial charge in [-0.2, -0.15) is 0 Å². The van der Waals surface area contributed by atoms with Crippen LogP contribution in [0.5, 0.6) is 0 Å². The quantitative estimate of drug-likeness (QED) is 0.757. The van der Waals surface area contributed by atoms with Gasteiger partial charge in [0.15, 0.2) is 6.10 Å². The fourth-order valence-electron chi connectivity index (χ4n) is 2.62. The number of esters is 1. The van der Waals surface area contributed by atoms with Crippen molar-refractivity contribution in [2.75, 3.05) is 11.0 Å². The van der Waals surface area contributed by atoms with Gasteiger partial charge in [0.25, 0.3) is 5.91 Å². The third-order valence-corrected chi connectivity index (χ3v) is 4.39. The average molecular weight is 354 g/mol. The summed E-state index contributed by atoms with van der Waals surface area (Å²) in [5.74, 6) is -1.10. The van der Waals surface area contributed by atoms with Crippen molar-refractivity contribution in [1.82, 2.24) is 5.32 Å². The zero-order chi connectivity index (χ0) is 17.7. The number of carbonyl (C=O) groups excluding carboxylic acids is 2. The van der Waals surface area contributed by atoms with Crippen molar-refractivity contribution in [3.63, 3.8) is 0 Å². The summed E-state index contributed by atoms with van der Waals surface area (Å²) in [6.07, 6.45) is 4.09. The van der Waals surface area contributed by atoms with Gasteiger partial charge in [0.1, 0.15) is 0 Å². The summed E-state index contributed by atoms with van der Waals surface area (Å²) in [6.45, 7) is 1.49. The van der Waals surface area contributed by atoms with Crippen molar-refractivity contribution in [3.05, 3.63) is 29.8 Å². The van der Waals surface area contributed by atoms with Gasteiger partial charge in [-0.1, -0.05) is 25.0 Å². The number of anilines is 1. The summed E-state index contributed by atoms with van der Waals surface area (Å²) in [4.78, 5) is 24.3. The van der Waals surface area contributed by atoms with Crippen LogP contribution in [0.3, 0.4) is 0 Å². The second kappa shape index (κ2) is 7.65. The predicted molar refractivity (Wildman–Crippen MR) is 90.2 cm³/mol. The third-order valence-electron chi connectivity index (χ3n) is 3.80. The van der Waals surface area contributed by atoms with Gasteiger partial charge < -0.3 is 10.1 Å². The molecule has 1 aromatic carbocycles. The van der Waals surface area contributed by atoms with E-state index in [-0.39, 0.29) is 23.2 Å². The first kappa shape index (κ1) is 18.3. The highest BCUT2D eigenvalue weighted by molar-refractivity contribution is 7.92. The van der Waals surface area contributed by atoms with Gasteiger partial charge in [0.2, 0.25) is 10.0 Å². The fourth-order valence-corrected chi connectivity index (χ4v) is 3.19. The first-order valence-corrected chi connectivity index (χ1v) is 9.73. The molecule has 132 valence electrons. The van der Waals surface area contributed by atoms with E-state index in [1.807, 2.05) is 0 Å². The smallest absolute Gasteiger partial charge is 0.341 e. The van der Waals surface area contributed by atoms with Gasteiger partial charge in [-0.05, 0) is 31.9 Å². The van der Waals surface area contributed by atoms with E-state index in [1.54, 1.807) is 12.1 Å². The number of hydrogen-bond acceptors (Lipinski definition) is 5. The second-order valence-corrected chi connectivity index (χ2v) is 7.71. The number of ether oxygens (including phenoxy) is 1. The maximum Gasteiger partial charge on any atom is 0.341 e. The molecule has 1 aromatic rings. The molecule has 0 aromatic heterocycles. The zero-order valence-electron chi connectivity index (χ0n) is 13.7.